The summed E-state index contributed by atoms with van der Waals surface area (Å²) in [7, 11) is 0. The molecule has 1 unspecified atom stereocenters. The average Bonchev–Trinajstić information content (AvgIpc) is 2.79. The van der Waals surface area contributed by atoms with Gasteiger partial charge in [-0.1, -0.05) is 42.5 Å². The number of aryl methyl sites for hydroxylation is 1. The number of nitrogens with zero attached hydrogens (tertiary/aromatic N) is 3. The quantitative estimate of drug-likeness (QED) is 0.359. The molecule has 33 heavy (non-hydrogen) atoms. The summed E-state index contributed by atoms with van der Waals surface area (Å²) in [5, 5.41) is 3.40. The second-order valence-corrected chi connectivity index (χ2v) is 7.50. The van der Waals surface area contributed by atoms with Crippen LogP contribution in [0.25, 0.3) is 22.4 Å². The molecule has 2 aromatic carbocycles. The van der Waals surface area contributed by atoms with Crippen molar-refractivity contribution < 1.29 is 17.9 Å². The first-order valence-corrected chi connectivity index (χ1v) is 10.3. The molecular formula is C25H21F3N4O. The standard InChI is InChI=1S/C25H21F3N4O/c1-16(18-6-4-3-5-7-18)30-24-13-23(31-17(2)32-24)21-12-20(14-29-15-21)19-8-10-22(11-9-19)33-25(26,27)28/h3-16H,1-2H3,(H,30,31,32). The number of rotatable bonds is 6. The fourth-order valence-corrected chi connectivity index (χ4v) is 3.42. The normalized spacial score (nSPS) is 12.3. The van der Waals surface area contributed by atoms with Gasteiger partial charge in [0.15, 0.2) is 0 Å². The van der Waals surface area contributed by atoms with Crippen molar-refractivity contribution in [2.24, 2.45) is 0 Å². The number of alkyl halides is 3. The molecule has 0 aliphatic rings. The smallest absolute Gasteiger partial charge is 0.406 e. The number of pyridine rings is 1. The van der Waals surface area contributed by atoms with E-state index < -0.39 is 6.36 Å². The zero-order valence-electron chi connectivity index (χ0n) is 18.0. The third-order valence-corrected chi connectivity index (χ3v) is 4.96. The molecule has 0 fully saturated rings. The first-order valence-electron chi connectivity index (χ1n) is 10.3. The summed E-state index contributed by atoms with van der Waals surface area (Å²) < 4.78 is 41.1. The number of hydrogen-bond acceptors (Lipinski definition) is 5. The zero-order chi connectivity index (χ0) is 23.4. The van der Waals surface area contributed by atoms with Crippen molar-refractivity contribution in [3.63, 3.8) is 0 Å². The van der Waals surface area contributed by atoms with Gasteiger partial charge >= 0.3 is 6.36 Å². The predicted molar refractivity (Wildman–Crippen MR) is 121 cm³/mol. The molecule has 0 amide bonds. The van der Waals surface area contributed by atoms with Crippen molar-refractivity contribution in [1.82, 2.24) is 15.0 Å². The summed E-state index contributed by atoms with van der Waals surface area (Å²) in [4.78, 5) is 13.3. The van der Waals surface area contributed by atoms with Crippen molar-refractivity contribution in [1.29, 1.82) is 0 Å². The molecule has 0 radical (unpaired) electrons. The first kappa shape index (κ1) is 22.3. The molecule has 0 spiro atoms. The van der Waals surface area contributed by atoms with Crippen molar-refractivity contribution in [2.75, 3.05) is 5.32 Å². The van der Waals surface area contributed by atoms with E-state index in [1.807, 2.05) is 49.4 Å². The van der Waals surface area contributed by atoms with E-state index in [4.69, 9.17) is 0 Å². The monoisotopic (exact) mass is 450 g/mol. The predicted octanol–water partition coefficient (Wildman–Crippen LogP) is 6.59. The Morgan fingerprint density at radius 1 is 0.848 bits per heavy atom. The van der Waals surface area contributed by atoms with Gasteiger partial charge in [0.05, 0.1) is 5.69 Å². The van der Waals surface area contributed by atoms with Crippen LogP contribution in [0.2, 0.25) is 0 Å². The lowest BCUT2D eigenvalue weighted by atomic mass is 10.0. The topological polar surface area (TPSA) is 59.9 Å². The van der Waals surface area contributed by atoms with Crippen LogP contribution >= 0.6 is 0 Å². The Hall–Kier alpha value is -3.94. The highest BCUT2D eigenvalue weighted by molar-refractivity contribution is 5.71. The molecule has 0 saturated carbocycles. The van der Waals surface area contributed by atoms with Gasteiger partial charge in [-0.25, -0.2) is 9.97 Å². The van der Waals surface area contributed by atoms with E-state index in [-0.39, 0.29) is 11.8 Å². The third kappa shape index (κ3) is 5.85. The highest BCUT2D eigenvalue weighted by Gasteiger charge is 2.30. The summed E-state index contributed by atoms with van der Waals surface area (Å²) in [5.41, 5.74) is 4.05. The minimum absolute atomic E-state index is 0.0511. The van der Waals surface area contributed by atoms with Gasteiger partial charge < -0.3 is 10.1 Å². The Morgan fingerprint density at radius 2 is 1.55 bits per heavy atom. The number of ether oxygens (including phenoxy) is 1. The fraction of sp³-hybridized carbons (Fsp3) is 0.160. The van der Waals surface area contributed by atoms with E-state index in [2.05, 4.69) is 31.9 Å². The molecule has 4 aromatic rings. The Bertz CT molecular complexity index is 1230. The molecule has 168 valence electrons. The second-order valence-electron chi connectivity index (χ2n) is 7.50. The van der Waals surface area contributed by atoms with Crippen LogP contribution in [0.4, 0.5) is 19.0 Å². The lowest BCUT2D eigenvalue weighted by molar-refractivity contribution is -0.274. The Balaban J connectivity index is 1.58. The van der Waals surface area contributed by atoms with Crippen LogP contribution < -0.4 is 10.1 Å². The molecule has 2 aromatic heterocycles. The SMILES string of the molecule is Cc1nc(NC(C)c2ccccc2)cc(-c2cncc(-c3ccc(OC(F)(F)F)cc3)c2)n1. The van der Waals surface area contributed by atoms with Crippen LogP contribution in [0.1, 0.15) is 24.4 Å². The molecule has 4 rings (SSSR count). The molecule has 2 heterocycles. The molecule has 1 atom stereocenters. The number of anilines is 1. The maximum Gasteiger partial charge on any atom is 0.573 e. The van der Waals surface area contributed by atoms with Crippen molar-refractivity contribution in [2.45, 2.75) is 26.3 Å². The number of benzene rings is 2. The minimum Gasteiger partial charge on any atom is -0.406 e. The second kappa shape index (κ2) is 9.28. The highest BCUT2D eigenvalue weighted by Crippen LogP contribution is 2.29. The van der Waals surface area contributed by atoms with Gasteiger partial charge in [-0.2, -0.15) is 0 Å². The molecule has 0 saturated heterocycles. The van der Waals surface area contributed by atoms with Gasteiger partial charge in [0.1, 0.15) is 17.4 Å². The maximum absolute atomic E-state index is 12.4. The Morgan fingerprint density at radius 3 is 2.24 bits per heavy atom. The lowest BCUT2D eigenvalue weighted by Crippen LogP contribution is -2.16. The Kier molecular flexibility index (Phi) is 6.26. The van der Waals surface area contributed by atoms with Crippen LogP contribution in [-0.4, -0.2) is 21.3 Å². The van der Waals surface area contributed by atoms with E-state index in [0.717, 1.165) is 16.7 Å². The number of aromatic nitrogens is 3. The maximum atomic E-state index is 12.4. The van der Waals surface area contributed by atoms with Gasteiger partial charge in [-0.3, -0.25) is 4.98 Å². The van der Waals surface area contributed by atoms with Gasteiger partial charge in [-0.05, 0) is 43.2 Å². The summed E-state index contributed by atoms with van der Waals surface area (Å²) >= 11 is 0. The molecule has 0 bridgehead atoms. The zero-order valence-corrected chi connectivity index (χ0v) is 18.0. The molecule has 5 nitrogen and oxygen atoms in total. The van der Waals surface area contributed by atoms with Crippen LogP contribution in [-0.2, 0) is 0 Å². The van der Waals surface area contributed by atoms with Crippen molar-refractivity contribution in [3.8, 4) is 28.1 Å². The lowest BCUT2D eigenvalue weighted by Gasteiger charge is -2.16. The summed E-state index contributed by atoms with van der Waals surface area (Å²) in [6.07, 6.45) is -1.39. The largest absolute Gasteiger partial charge is 0.573 e. The van der Waals surface area contributed by atoms with Crippen LogP contribution in [0.15, 0.2) is 79.1 Å². The minimum atomic E-state index is -4.72. The Labute approximate surface area is 189 Å². The third-order valence-electron chi connectivity index (χ3n) is 4.96. The fourth-order valence-electron chi connectivity index (χ4n) is 3.42. The number of hydrogen-bond donors (Lipinski definition) is 1. The molecule has 0 aliphatic carbocycles. The van der Waals surface area contributed by atoms with Crippen LogP contribution in [0.3, 0.4) is 0 Å². The summed E-state index contributed by atoms with van der Waals surface area (Å²) in [6.45, 7) is 3.87. The number of halogens is 3. The van der Waals surface area contributed by atoms with E-state index in [9.17, 15) is 13.2 Å². The average molecular weight is 450 g/mol. The van der Waals surface area contributed by atoms with Crippen LogP contribution in [0, 0.1) is 6.92 Å². The van der Waals surface area contributed by atoms with Gasteiger partial charge in [-0.15, -0.1) is 13.2 Å². The van der Waals surface area contributed by atoms with Gasteiger partial charge in [0, 0.05) is 35.6 Å². The van der Waals surface area contributed by atoms with E-state index >= 15 is 0 Å². The van der Waals surface area contributed by atoms with E-state index in [1.54, 1.807) is 24.5 Å². The van der Waals surface area contributed by atoms with Crippen molar-refractivity contribution in [3.05, 3.63) is 90.5 Å². The summed E-state index contributed by atoms with van der Waals surface area (Å²) in [5.74, 6) is 1.02. The van der Waals surface area contributed by atoms with Crippen molar-refractivity contribution >= 4 is 5.82 Å². The molecular weight excluding hydrogens is 429 g/mol. The first-order chi connectivity index (χ1) is 15.8. The highest BCUT2D eigenvalue weighted by atomic mass is 19.4. The van der Waals surface area contributed by atoms with E-state index in [0.29, 0.717) is 22.9 Å². The van der Waals surface area contributed by atoms with Gasteiger partial charge in [0.25, 0.3) is 0 Å². The van der Waals surface area contributed by atoms with E-state index in [1.165, 1.54) is 12.1 Å². The number of nitrogens with one attached hydrogen (secondary N) is 1. The van der Waals surface area contributed by atoms with Gasteiger partial charge in [0.2, 0.25) is 0 Å². The molecule has 0 aliphatic heterocycles. The molecule has 1 N–H and O–H groups in total. The molecule has 8 heteroatoms. The summed E-state index contributed by atoms with van der Waals surface area (Å²) in [6, 6.07) is 19.5. The van der Waals surface area contributed by atoms with Crippen LogP contribution in [0.5, 0.6) is 5.75 Å².